The molecule has 9 heteroatoms. The van der Waals surface area contributed by atoms with Gasteiger partial charge in [-0.1, -0.05) is 18.1 Å². The quantitative estimate of drug-likeness (QED) is 0.538. The van der Waals surface area contributed by atoms with Crippen LogP contribution in [0.15, 0.2) is 41.3 Å². The van der Waals surface area contributed by atoms with Gasteiger partial charge in [-0.05, 0) is 80.7 Å². The lowest BCUT2D eigenvalue weighted by molar-refractivity contribution is 0.189. The molecule has 2 aliphatic carbocycles. The summed E-state index contributed by atoms with van der Waals surface area (Å²) in [5.41, 5.74) is 2.79. The summed E-state index contributed by atoms with van der Waals surface area (Å²) in [6, 6.07) is 9.95. The third kappa shape index (κ3) is 4.63. The van der Waals surface area contributed by atoms with E-state index in [4.69, 9.17) is 9.88 Å². The second-order valence-electron chi connectivity index (χ2n) is 8.74. The number of primary sulfonamides is 1. The summed E-state index contributed by atoms with van der Waals surface area (Å²) in [7, 11) is -3.73. The minimum atomic E-state index is -3.73. The van der Waals surface area contributed by atoms with Gasteiger partial charge in [-0.25, -0.2) is 23.5 Å². The van der Waals surface area contributed by atoms with Crippen molar-refractivity contribution in [1.82, 2.24) is 15.0 Å². The summed E-state index contributed by atoms with van der Waals surface area (Å²) < 4.78 is 29.3. The first-order valence-corrected chi connectivity index (χ1v) is 12.5. The Morgan fingerprint density at radius 3 is 2.45 bits per heavy atom. The predicted molar refractivity (Wildman–Crippen MR) is 125 cm³/mol. The molecule has 0 radical (unpaired) electrons. The van der Waals surface area contributed by atoms with Gasteiger partial charge in [0.1, 0.15) is 11.8 Å². The van der Waals surface area contributed by atoms with Crippen LogP contribution < -0.4 is 15.2 Å². The number of nitrogens with one attached hydrogen (secondary N) is 1. The number of hydrogen-bond acceptors (Lipinski definition) is 7. The monoisotopic (exact) mass is 463 g/mol. The van der Waals surface area contributed by atoms with Crippen molar-refractivity contribution in [3.63, 3.8) is 0 Å². The maximum absolute atomic E-state index is 11.5. The fourth-order valence-electron chi connectivity index (χ4n) is 4.47. The molecule has 3 N–H and O–H groups in total. The third-order valence-corrected chi connectivity index (χ3v) is 7.23. The predicted octanol–water partition coefficient (Wildman–Crippen LogP) is 3.39. The van der Waals surface area contributed by atoms with E-state index in [-0.39, 0.29) is 17.0 Å². The molecule has 0 amide bonds. The molecular weight excluding hydrogens is 438 g/mol. The molecule has 2 heterocycles. The number of rotatable bonds is 6. The Hall–Kier alpha value is -3.22. The Morgan fingerprint density at radius 1 is 1.06 bits per heavy atom. The first-order valence-electron chi connectivity index (χ1n) is 11.0. The highest BCUT2D eigenvalue weighted by Crippen LogP contribution is 2.52. The molecule has 2 aliphatic rings. The maximum atomic E-state index is 11.5. The molecule has 2 saturated carbocycles. The van der Waals surface area contributed by atoms with E-state index < -0.39 is 10.0 Å². The number of sulfonamides is 1. The van der Waals surface area contributed by atoms with E-state index in [9.17, 15) is 8.42 Å². The van der Waals surface area contributed by atoms with E-state index in [0.29, 0.717) is 28.6 Å². The molecule has 170 valence electrons. The second-order valence-corrected chi connectivity index (χ2v) is 10.3. The van der Waals surface area contributed by atoms with E-state index in [0.717, 1.165) is 30.2 Å². The van der Waals surface area contributed by atoms with Crippen molar-refractivity contribution in [2.24, 2.45) is 17.0 Å². The summed E-state index contributed by atoms with van der Waals surface area (Å²) in [4.78, 5) is 14.0. The molecule has 0 aliphatic heterocycles. The fraction of sp³-hybridized carbons (Fsp3) is 0.375. The number of nitrogens with two attached hydrogens (primary N) is 1. The van der Waals surface area contributed by atoms with E-state index >= 15 is 0 Å². The van der Waals surface area contributed by atoms with E-state index in [2.05, 4.69) is 32.1 Å². The van der Waals surface area contributed by atoms with Gasteiger partial charge in [0.15, 0.2) is 5.52 Å². The zero-order valence-corrected chi connectivity index (χ0v) is 19.3. The minimum Gasteiger partial charge on any atom is -0.473 e. The molecule has 0 spiro atoms. The number of fused-ring (bicyclic) bond motifs is 2. The molecule has 0 unspecified atom stereocenters. The van der Waals surface area contributed by atoms with Gasteiger partial charge in [0.25, 0.3) is 0 Å². The molecule has 0 saturated heterocycles. The average molecular weight is 464 g/mol. The molecule has 4 atom stereocenters. The SMILES string of the molecule is CC#Cc1ccc2nc(N[C@H](C)c3ccc(S(N)(=O)=O)cc3)nc(O[C@@H]3C[C@@H]4C[C@@H]4C3)c2n1. The molecule has 3 aromatic rings. The van der Waals surface area contributed by atoms with Gasteiger partial charge < -0.3 is 10.1 Å². The van der Waals surface area contributed by atoms with Crippen molar-refractivity contribution in [1.29, 1.82) is 0 Å². The first-order chi connectivity index (χ1) is 15.8. The van der Waals surface area contributed by atoms with Crippen LogP contribution in [-0.4, -0.2) is 29.5 Å². The Labute approximate surface area is 193 Å². The zero-order chi connectivity index (χ0) is 23.2. The molecule has 8 nitrogen and oxygen atoms in total. The normalized spacial score (nSPS) is 22.2. The van der Waals surface area contributed by atoms with E-state index in [1.54, 1.807) is 19.1 Å². The fourth-order valence-corrected chi connectivity index (χ4v) is 4.98. The highest BCUT2D eigenvalue weighted by Gasteiger charge is 2.47. The van der Waals surface area contributed by atoms with Gasteiger partial charge in [0.05, 0.1) is 16.5 Å². The Balaban J connectivity index is 1.44. The van der Waals surface area contributed by atoms with Crippen molar-refractivity contribution in [2.45, 2.75) is 50.2 Å². The van der Waals surface area contributed by atoms with Gasteiger partial charge in [-0.15, -0.1) is 0 Å². The van der Waals surface area contributed by atoms with Gasteiger partial charge in [-0.3, -0.25) is 0 Å². The van der Waals surface area contributed by atoms with Crippen LogP contribution in [0, 0.1) is 23.7 Å². The number of benzene rings is 1. The van der Waals surface area contributed by atoms with Crippen molar-refractivity contribution < 1.29 is 13.2 Å². The lowest BCUT2D eigenvalue weighted by Gasteiger charge is -2.18. The van der Waals surface area contributed by atoms with Crippen molar-refractivity contribution in [3.8, 4) is 17.7 Å². The van der Waals surface area contributed by atoms with Crippen LogP contribution in [0.5, 0.6) is 5.88 Å². The average Bonchev–Trinajstić information content (AvgIpc) is 3.39. The summed E-state index contributed by atoms with van der Waals surface area (Å²) in [6.07, 6.45) is 3.57. The number of hydrogen-bond donors (Lipinski definition) is 2. The Kier molecular flexibility index (Phi) is 5.43. The first kappa shape index (κ1) is 21.6. The zero-order valence-electron chi connectivity index (χ0n) is 18.4. The van der Waals surface area contributed by atoms with Gasteiger partial charge in [0, 0.05) is 0 Å². The van der Waals surface area contributed by atoms with Crippen molar-refractivity contribution >= 4 is 27.0 Å². The van der Waals surface area contributed by atoms with Crippen LogP contribution in [0.3, 0.4) is 0 Å². The minimum absolute atomic E-state index is 0.0720. The molecule has 1 aromatic carbocycles. The molecular formula is C24H25N5O3S. The lowest BCUT2D eigenvalue weighted by Crippen LogP contribution is -2.17. The van der Waals surface area contributed by atoms with Gasteiger partial charge >= 0.3 is 0 Å². The molecule has 5 rings (SSSR count). The number of aromatic nitrogens is 3. The lowest BCUT2D eigenvalue weighted by atomic mass is 10.1. The summed E-state index contributed by atoms with van der Waals surface area (Å²) in [5, 5.41) is 8.48. The highest BCUT2D eigenvalue weighted by atomic mass is 32.2. The second kappa shape index (κ2) is 8.28. The summed E-state index contributed by atoms with van der Waals surface area (Å²) >= 11 is 0. The highest BCUT2D eigenvalue weighted by molar-refractivity contribution is 7.89. The molecule has 2 fully saturated rings. The van der Waals surface area contributed by atoms with E-state index in [1.807, 2.05) is 19.1 Å². The number of nitrogens with zero attached hydrogens (tertiary/aromatic N) is 3. The Bertz CT molecular complexity index is 1370. The van der Waals surface area contributed by atoms with Crippen LogP contribution in [-0.2, 0) is 10.0 Å². The van der Waals surface area contributed by atoms with E-state index in [1.165, 1.54) is 18.6 Å². The topological polar surface area (TPSA) is 120 Å². The number of ether oxygens (including phenoxy) is 1. The van der Waals surface area contributed by atoms with Crippen molar-refractivity contribution in [3.05, 3.63) is 47.7 Å². The van der Waals surface area contributed by atoms with Crippen LogP contribution in [0.2, 0.25) is 0 Å². The van der Waals surface area contributed by atoms with Gasteiger partial charge in [-0.2, -0.15) is 4.98 Å². The molecule has 0 bridgehead atoms. The van der Waals surface area contributed by atoms with Crippen LogP contribution in [0.4, 0.5) is 5.95 Å². The number of anilines is 1. The third-order valence-electron chi connectivity index (χ3n) is 6.30. The maximum Gasteiger partial charge on any atom is 0.245 e. The van der Waals surface area contributed by atoms with Crippen LogP contribution in [0.25, 0.3) is 11.0 Å². The molecule has 33 heavy (non-hydrogen) atoms. The smallest absolute Gasteiger partial charge is 0.245 e. The number of pyridine rings is 1. The summed E-state index contributed by atoms with van der Waals surface area (Å²) in [6.45, 7) is 3.72. The largest absolute Gasteiger partial charge is 0.473 e. The van der Waals surface area contributed by atoms with Gasteiger partial charge in [0.2, 0.25) is 21.9 Å². The van der Waals surface area contributed by atoms with Crippen molar-refractivity contribution in [2.75, 3.05) is 5.32 Å². The standard InChI is InChI=1S/C24H25N5O3S/c1-3-4-18-7-10-21-22(27-18)23(32-19-12-16-11-17(16)13-19)29-24(28-21)26-14(2)15-5-8-20(9-6-15)33(25,30)31/h5-10,14,16-17,19H,11-13H2,1-2H3,(H2,25,30,31)(H,26,28,29)/t14-,16-,17+,19+/m1/s1. The van der Waals surface area contributed by atoms with Crippen LogP contribution in [0.1, 0.15) is 50.4 Å². The van der Waals surface area contributed by atoms with Crippen LogP contribution >= 0.6 is 0 Å². The molecule has 2 aromatic heterocycles. The summed E-state index contributed by atoms with van der Waals surface area (Å²) in [5.74, 6) is 8.30. The Morgan fingerprint density at radius 2 is 1.79 bits per heavy atom.